The van der Waals surface area contributed by atoms with Gasteiger partial charge in [-0.25, -0.2) is 0 Å². The summed E-state index contributed by atoms with van der Waals surface area (Å²) in [5.74, 6) is 1.63. The van der Waals surface area contributed by atoms with Gasteiger partial charge in [-0.3, -0.25) is 4.90 Å². The topological polar surface area (TPSA) is 41.3 Å². The minimum absolute atomic E-state index is 0.537. The Bertz CT molecular complexity index is 374. The Labute approximate surface area is 130 Å². The maximum absolute atomic E-state index is 5.48. The van der Waals surface area contributed by atoms with Crippen LogP contribution in [0, 0.1) is 5.92 Å². The van der Waals surface area contributed by atoms with Crippen LogP contribution in [0.15, 0.2) is 10.6 Å². The lowest BCUT2D eigenvalue weighted by molar-refractivity contribution is 0.185. The van der Waals surface area contributed by atoms with Gasteiger partial charge in [-0.05, 0) is 39.3 Å². The van der Waals surface area contributed by atoms with Crippen molar-refractivity contribution in [2.24, 2.45) is 5.92 Å². The van der Waals surface area contributed by atoms with Gasteiger partial charge < -0.3 is 9.84 Å². The van der Waals surface area contributed by atoms with E-state index >= 15 is 0 Å². The average molecular weight is 295 g/mol. The van der Waals surface area contributed by atoms with Crippen LogP contribution in [-0.4, -0.2) is 29.2 Å². The summed E-state index contributed by atoms with van der Waals surface area (Å²) >= 11 is 0. The van der Waals surface area contributed by atoms with Crippen molar-refractivity contribution in [3.63, 3.8) is 0 Å². The quantitative estimate of drug-likeness (QED) is 0.630. The summed E-state index contributed by atoms with van der Waals surface area (Å²) < 4.78 is 5.48. The molecule has 4 heteroatoms. The third-order valence-electron chi connectivity index (χ3n) is 3.60. The van der Waals surface area contributed by atoms with Gasteiger partial charge in [0.15, 0.2) is 5.76 Å². The Kier molecular flexibility index (Phi) is 8.62. The number of rotatable bonds is 11. The fourth-order valence-electron chi connectivity index (χ4n) is 2.29. The molecule has 21 heavy (non-hydrogen) atoms. The van der Waals surface area contributed by atoms with E-state index in [-0.39, 0.29) is 0 Å². The van der Waals surface area contributed by atoms with E-state index in [0.717, 1.165) is 37.6 Å². The third-order valence-corrected chi connectivity index (χ3v) is 3.60. The molecule has 0 aliphatic carbocycles. The Morgan fingerprint density at radius 1 is 1.24 bits per heavy atom. The first-order chi connectivity index (χ1) is 10.0. The van der Waals surface area contributed by atoms with Crippen LogP contribution in [0.1, 0.15) is 65.3 Å². The molecule has 0 amide bonds. The van der Waals surface area contributed by atoms with Crippen molar-refractivity contribution in [2.45, 2.75) is 73.0 Å². The first kappa shape index (κ1) is 18.2. The second-order valence-electron chi connectivity index (χ2n) is 6.58. The Morgan fingerprint density at radius 3 is 2.62 bits per heavy atom. The molecule has 0 spiro atoms. The van der Waals surface area contributed by atoms with E-state index in [0.29, 0.717) is 12.0 Å². The minimum atomic E-state index is 0.537. The maximum atomic E-state index is 5.48. The van der Waals surface area contributed by atoms with E-state index in [1.165, 1.54) is 19.3 Å². The van der Waals surface area contributed by atoms with E-state index in [9.17, 15) is 0 Å². The smallest absolute Gasteiger partial charge is 0.151 e. The third kappa shape index (κ3) is 7.63. The molecular weight excluding hydrogens is 262 g/mol. The van der Waals surface area contributed by atoms with Crippen LogP contribution in [0.3, 0.4) is 0 Å². The van der Waals surface area contributed by atoms with Crippen molar-refractivity contribution in [3.8, 4) is 0 Å². The van der Waals surface area contributed by atoms with Gasteiger partial charge >= 0.3 is 0 Å². The van der Waals surface area contributed by atoms with Gasteiger partial charge in [0.2, 0.25) is 0 Å². The second-order valence-corrected chi connectivity index (χ2v) is 6.58. The molecule has 1 aromatic rings. The first-order valence-electron chi connectivity index (χ1n) is 8.42. The van der Waals surface area contributed by atoms with Crippen molar-refractivity contribution < 1.29 is 4.52 Å². The van der Waals surface area contributed by atoms with Crippen LogP contribution in [0.2, 0.25) is 0 Å². The molecule has 0 aliphatic rings. The highest BCUT2D eigenvalue weighted by Gasteiger charge is 2.13. The van der Waals surface area contributed by atoms with E-state index in [4.69, 9.17) is 4.52 Å². The molecule has 0 radical (unpaired) electrons. The van der Waals surface area contributed by atoms with Crippen LogP contribution < -0.4 is 5.32 Å². The molecule has 0 aromatic carbocycles. The molecule has 0 bridgehead atoms. The molecule has 0 saturated heterocycles. The van der Waals surface area contributed by atoms with Crippen molar-refractivity contribution in [3.05, 3.63) is 17.5 Å². The molecule has 1 N–H and O–H groups in total. The number of nitrogens with zero attached hydrogens (tertiary/aromatic N) is 2. The number of nitrogens with one attached hydrogen (secondary N) is 1. The molecule has 0 saturated carbocycles. The standard InChI is InChI=1S/C17H33N3O/c1-6-7-8-9-20(15(4)5)13-17-10-16(19-21-17)12-18-11-14(2)3/h10,14-15,18H,6-9,11-13H2,1-5H3. The fraction of sp³-hybridized carbons (Fsp3) is 0.824. The summed E-state index contributed by atoms with van der Waals surface area (Å²) in [5.41, 5.74) is 1.00. The molecule has 1 heterocycles. The second kappa shape index (κ2) is 9.96. The van der Waals surface area contributed by atoms with Gasteiger partial charge in [-0.1, -0.05) is 38.8 Å². The maximum Gasteiger partial charge on any atom is 0.151 e. The van der Waals surface area contributed by atoms with Gasteiger partial charge in [-0.15, -0.1) is 0 Å². The Hall–Kier alpha value is -0.870. The summed E-state index contributed by atoms with van der Waals surface area (Å²) in [4.78, 5) is 2.46. The molecule has 0 unspecified atom stereocenters. The van der Waals surface area contributed by atoms with Crippen LogP contribution in [0.25, 0.3) is 0 Å². The van der Waals surface area contributed by atoms with Gasteiger partial charge in [0.05, 0.1) is 12.2 Å². The van der Waals surface area contributed by atoms with Gasteiger partial charge in [0.25, 0.3) is 0 Å². The van der Waals surface area contributed by atoms with Gasteiger partial charge in [0.1, 0.15) is 0 Å². The van der Waals surface area contributed by atoms with E-state index in [2.05, 4.69) is 56.1 Å². The zero-order valence-electron chi connectivity index (χ0n) is 14.5. The van der Waals surface area contributed by atoms with Crippen LogP contribution in [0.4, 0.5) is 0 Å². The highest BCUT2D eigenvalue weighted by atomic mass is 16.5. The lowest BCUT2D eigenvalue weighted by Gasteiger charge is -2.24. The van der Waals surface area contributed by atoms with Crippen LogP contribution >= 0.6 is 0 Å². The average Bonchev–Trinajstić information content (AvgIpc) is 2.85. The first-order valence-corrected chi connectivity index (χ1v) is 8.42. The molecular formula is C17H33N3O. The molecule has 1 rings (SSSR count). The summed E-state index contributed by atoms with van der Waals surface area (Å²) in [7, 11) is 0. The molecule has 0 atom stereocenters. The number of aromatic nitrogens is 1. The summed E-state index contributed by atoms with van der Waals surface area (Å²) in [6.45, 7) is 14.9. The van der Waals surface area contributed by atoms with Crippen LogP contribution in [-0.2, 0) is 13.1 Å². The van der Waals surface area contributed by atoms with Crippen molar-refractivity contribution in [2.75, 3.05) is 13.1 Å². The summed E-state index contributed by atoms with van der Waals surface area (Å²) in [6, 6.07) is 2.62. The summed E-state index contributed by atoms with van der Waals surface area (Å²) in [5, 5.41) is 7.55. The predicted molar refractivity (Wildman–Crippen MR) is 88.1 cm³/mol. The zero-order chi connectivity index (χ0) is 15.7. The number of hydrogen-bond acceptors (Lipinski definition) is 4. The zero-order valence-corrected chi connectivity index (χ0v) is 14.5. The molecule has 4 nitrogen and oxygen atoms in total. The van der Waals surface area contributed by atoms with Crippen molar-refractivity contribution in [1.82, 2.24) is 15.4 Å². The summed E-state index contributed by atoms with van der Waals surface area (Å²) in [6.07, 6.45) is 3.82. The largest absolute Gasteiger partial charge is 0.360 e. The lowest BCUT2D eigenvalue weighted by Crippen LogP contribution is -2.31. The normalized spacial score (nSPS) is 12.0. The SMILES string of the molecule is CCCCCN(Cc1cc(CNCC(C)C)no1)C(C)C. The monoisotopic (exact) mass is 295 g/mol. The highest BCUT2D eigenvalue weighted by molar-refractivity contribution is 5.05. The van der Waals surface area contributed by atoms with E-state index in [1.807, 2.05) is 0 Å². The minimum Gasteiger partial charge on any atom is -0.360 e. The molecule has 0 aliphatic heterocycles. The lowest BCUT2D eigenvalue weighted by atomic mass is 10.2. The molecule has 1 aromatic heterocycles. The van der Waals surface area contributed by atoms with E-state index < -0.39 is 0 Å². The van der Waals surface area contributed by atoms with Gasteiger partial charge in [0, 0.05) is 18.7 Å². The molecule has 122 valence electrons. The predicted octanol–water partition coefficient (Wildman–Crippen LogP) is 3.82. The Balaban J connectivity index is 2.42. The Morgan fingerprint density at radius 2 is 2.00 bits per heavy atom. The van der Waals surface area contributed by atoms with E-state index in [1.54, 1.807) is 0 Å². The highest BCUT2D eigenvalue weighted by Crippen LogP contribution is 2.11. The fourth-order valence-corrected chi connectivity index (χ4v) is 2.29. The van der Waals surface area contributed by atoms with Crippen LogP contribution in [0.5, 0.6) is 0 Å². The van der Waals surface area contributed by atoms with Gasteiger partial charge in [-0.2, -0.15) is 0 Å². The van der Waals surface area contributed by atoms with Crippen molar-refractivity contribution in [1.29, 1.82) is 0 Å². The molecule has 0 fully saturated rings. The number of unbranched alkanes of at least 4 members (excludes halogenated alkanes) is 2. The number of hydrogen-bond donors (Lipinski definition) is 1. The van der Waals surface area contributed by atoms with Crippen molar-refractivity contribution >= 4 is 0 Å².